The van der Waals surface area contributed by atoms with E-state index in [1.54, 1.807) is 24.3 Å². The maximum Gasteiger partial charge on any atom is 0.254 e. The molecule has 1 atom stereocenters. The molecule has 2 aromatic carbocycles. The predicted octanol–water partition coefficient (Wildman–Crippen LogP) is 2.50. The van der Waals surface area contributed by atoms with Crippen molar-refractivity contribution in [1.29, 1.82) is 0 Å². The summed E-state index contributed by atoms with van der Waals surface area (Å²) in [4.78, 5) is 12.4. The fraction of sp³-hybridized carbons (Fsp3) is 0.133. The maximum atomic E-state index is 13.4. The molecule has 110 valence electrons. The number of carbonyl (C=O) groups is 1. The van der Waals surface area contributed by atoms with Crippen molar-refractivity contribution in [2.45, 2.75) is 4.90 Å². The second kappa shape index (κ2) is 7.08. The molecule has 0 unspecified atom stereocenters. The predicted molar refractivity (Wildman–Crippen MR) is 76.4 cm³/mol. The lowest BCUT2D eigenvalue weighted by Crippen LogP contribution is -2.28. The Morgan fingerprint density at radius 2 is 1.76 bits per heavy atom. The molecule has 2 aromatic rings. The average molecular weight is 309 g/mol. The Bertz CT molecular complexity index is 662. The first-order valence-corrected chi connectivity index (χ1v) is 7.57. The molecule has 0 heterocycles. The summed E-state index contributed by atoms with van der Waals surface area (Å²) in [6, 6.07) is 12.2. The first kappa shape index (κ1) is 15.3. The largest absolute Gasteiger partial charge is 0.351 e. The van der Waals surface area contributed by atoms with Gasteiger partial charge in [0, 0.05) is 17.2 Å². The molecule has 0 saturated carbocycles. The van der Waals surface area contributed by atoms with Crippen LogP contribution < -0.4 is 5.32 Å². The van der Waals surface area contributed by atoms with Crippen molar-refractivity contribution in [3.63, 3.8) is 0 Å². The minimum Gasteiger partial charge on any atom is -0.351 e. The van der Waals surface area contributed by atoms with Crippen LogP contribution in [0, 0.1) is 11.6 Å². The number of benzene rings is 2. The van der Waals surface area contributed by atoms with Crippen LogP contribution in [-0.2, 0) is 10.8 Å². The van der Waals surface area contributed by atoms with E-state index in [0.29, 0.717) is 4.90 Å². The van der Waals surface area contributed by atoms with E-state index in [2.05, 4.69) is 5.32 Å². The van der Waals surface area contributed by atoms with Gasteiger partial charge in [-0.05, 0) is 24.3 Å². The third-order valence-corrected chi connectivity index (χ3v) is 4.15. The van der Waals surface area contributed by atoms with Crippen molar-refractivity contribution in [2.24, 2.45) is 0 Å². The van der Waals surface area contributed by atoms with Gasteiger partial charge in [0.05, 0.1) is 16.4 Å². The minimum absolute atomic E-state index is 0.107. The molecule has 1 amide bonds. The highest BCUT2D eigenvalue weighted by molar-refractivity contribution is 7.85. The van der Waals surface area contributed by atoms with Crippen molar-refractivity contribution in [3.8, 4) is 0 Å². The quantitative estimate of drug-likeness (QED) is 0.922. The second-order valence-corrected chi connectivity index (χ2v) is 5.79. The van der Waals surface area contributed by atoms with Gasteiger partial charge >= 0.3 is 0 Å². The monoisotopic (exact) mass is 309 g/mol. The molecule has 1 N–H and O–H groups in total. The van der Waals surface area contributed by atoms with Crippen LogP contribution >= 0.6 is 0 Å². The molecular formula is C15H13F2NO2S. The molecular weight excluding hydrogens is 296 g/mol. The summed E-state index contributed by atoms with van der Waals surface area (Å²) in [5.41, 5.74) is -0.361. The van der Waals surface area contributed by atoms with E-state index < -0.39 is 28.3 Å². The zero-order chi connectivity index (χ0) is 15.2. The van der Waals surface area contributed by atoms with Crippen LogP contribution in [0.15, 0.2) is 53.4 Å². The SMILES string of the molecule is O=C(NCC[S@](=O)c1ccccc1)c1cccc(F)c1F. The average Bonchev–Trinajstić information content (AvgIpc) is 2.50. The van der Waals surface area contributed by atoms with E-state index in [-0.39, 0.29) is 17.9 Å². The van der Waals surface area contributed by atoms with Crippen molar-refractivity contribution in [2.75, 3.05) is 12.3 Å². The van der Waals surface area contributed by atoms with Gasteiger partial charge < -0.3 is 5.32 Å². The van der Waals surface area contributed by atoms with Crippen LogP contribution in [0.3, 0.4) is 0 Å². The van der Waals surface area contributed by atoms with Crippen molar-refractivity contribution in [1.82, 2.24) is 5.32 Å². The van der Waals surface area contributed by atoms with Crippen molar-refractivity contribution < 1.29 is 17.8 Å². The Hall–Kier alpha value is -2.08. The summed E-state index contributed by atoms with van der Waals surface area (Å²) in [5, 5.41) is 2.43. The molecule has 0 radical (unpaired) electrons. The first-order valence-electron chi connectivity index (χ1n) is 6.25. The molecule has 0 spiro atoms. The summed E-state index contributed by atoms with van der Waals surface area (Å²) in [7, 11) is -1.25. The van der Waals surface area contributed by atoms with Crippen LogP contribution in [0.2, 0.25) is 0 Å². The Labute approximate surface area is 123 Å². The fourth-order valence-corrected chi connectivity index (χ4v) is 2.71. The lowest BCUT2D eigenvalue weighted by molar-refractivity contribution is 0.0951. The van der Waals surface area contributed by atoms with Gasteiger partial charge in [-0.3, -0.25) is 9.00 Å². The van der Waals surface area contributed by atoms with Gasteiger partial charge in [-0.1, -0.05) is 24.3 Å². The number of rotatable bonds is 5. The van der Waals surface area contributed by atoms with E-state index in [4.69, 9.17) is 0 Å². The number of hydrogen-bond acceptors (Lipinski definition) is 2. The number of halogens is 2. The van der Waals surface area contributed by atoms with Gasteiger partial charge in [0.1, 0.15) is 0 Å². The molecule has 0 aromatic heterocycles. The molecule has 0 aliphatic rings. The standard InChI is InChI=1S/C15H13F2NO2S/c16-13-8-4-7-12(14(13)17)15(19)18-9-10-21(20)11-5-2-1-3-6-11/h1-8H,9-10H2,(H,18,19)/t21-/m0/s1. The highest BCUT2D eigenvalue weighted by atomic mass is 32.2. The summed E-state index contributed by atoms with van der Waals surface area (Å²) >= 11 is 0. The third kappa shape index (κ3) is 3.95. The highest BCUT2D eigenvalue weighted by Crippen LogP contribution is 2.11. The van der Waals surface area contributed by atoms with E-state index in [1.165, 1.54) is 12.1 Å². The summed E-state index contributed by atoms with van der Waals surface area (Å²) in [6.45, 7) is 0.107. The Balaban J connectivity index is 1.90. The van der Waals surface area contributed by atoms with Gasteiger partial charge in [0.15, 0.2) is 11.6 Å². The van der Waals surface area contributed by atoms with Crippen LogP contribution in [0.4, 0.5) is 8.78 Å². The van der Waals surface area contributed by atoms with E-state index in [1.807, 2.05) is 6.07 Å². The Morgan fingerprint density at radius 1 is 1.05 bits per heavy atom. The number of nitrogens with one attached hydrogen (secondary N) is 1. The zero-order valence-electron chi connectivity index (χ0n) is 11.0. The minimum atomic E-state index is -1.25. The number of hydrogen-bond donors (Lipinski definition) is 1. The molecule has 0 fully saturated rings. The van der Waals surface area contributed by atoms with Crippen molar-refractivity contribution in [3.05, 3.63) is 65.7 Å². The highest BCUT2D eigenvalue weighted by Gasteiger charge is 2.14. The van der Waals surface area contributed by atoms with Gasteiger partial charge in [-0.15, -0.1) is 0 Å². The second-order valence-electron chi connectivity index (χ2n) is 4.22. The van der Waals surface area contributed by atoms with Crippen LogP contribution in [0.5, 0.6) is 0 Å². The van der Waals surface area contributed by atoms with E-state index >= 15 is 0 Å². The Morgan fingerprint density at radius 3 is 2.48 bits per heavy atom. The molecule has 21 heavy (non-hydrogen) atoms. The summed E-state index contributed by atoms with van der Waals surface area (Å²) in [6.07, 6.45) is 0. The number of amides is 1. The topological polar surface area (TPSA) is 46.2 Å². The number of carbonyl (C=O) groups excluding carboxylic acids is 1. The molecule has 0 aliphatic heterocycles. The molecule has 2 rings (SSSR count). The lowest BCUT2D eigenvalue weighted by atomic mass is 10.2. The van der Waals surface area contributed by atoms with Gasteiger partial charge in [0.25, 0.3) is 5.91 Å². The summed E-state index contributed by atoms with van der Waals surface area (Å²) in [5.74, 6) is -2.78. The van der Waals surface area contributed by atoms with Crippen LogP contribution in [0.1, 0.15) is 10.4 Å². The maximum absolute atomic E-state index is 13.4. The summed E-state index contributed by atoms with van der Waals surface area (Å²) < 4.78 is 38.3. The molecule has 0 aliphatic carbocycles. The molecule has 6 heteroatoms. The van der Waals surface area contributed by atoms with Gasteiger partial charge in [-0.25, -0.2) is 8.78 Å². The van der Waals surface area contributed by atoms with Crippen LogP contribution in [0.25, 0.3) is 0 Å². The van der Waals surface area contributed by atoms with E-state index in [9.17, 15) is 17.8 Å². The fourth-order valence-electron chi connectivity index (χ4n) is 1.72. The lowest BCUT2D eigenvalue weighted by Gasteiger charge is -2.06. The Kier molecular flexibility index (Phi) is 5.16. The molecule has 0 bridgehead atoms. The third-order valence-electron chi connectivity index (χ3n) is 2.78. The van der Waals surface area contributed by atoms with Crippen molar-refractivity contribution >= 4 is 16.7 Å². The van der Waals surface area contributed by atoms with E-state index in [0.717, 1.165) is 6.07 Å². The van der Waals surface area contributed by atoms with Gasteiger partial charge in [-0.2, -0.15) is 0 Å². The van der Waals surface area contributed by atoms with Gasteiger partial charge in [0.2, 0.25) is 0 Å². The molecule has 0 saturated heterocycles. The first-order chi connectivity index (χ1) is 10.1. The smallest absolute Gasteiger partial charge is 0.254 e. The normalized spacial score (nSPS) is 11.9. The zero-order valence-corrected chi connectivity index (χ0v) is 11.8. The molecule has 3 nitrogen and oxygen atoms in total. The van der Waals surface area contributed by atoms with Crippen LogP contribution in [-0.4, -0.2) is 22.4 Å².